The maximum absolute atomic E-state index is 12.2. The Morgan fingerprint density at radius 3 is 2.53 bits per heavy atom. The third kappa shape index (κ3) is 3.00. The van der Waals surface area contributed by atoms with Crippen molar-refractivity contribution in [3.8, 4) is 0 Å². The molecular weight excluding hydrogens is 212 g/mol. The first-order valence-electron chi connectivity index (χ1n) is 5.67. The normalized spacial score (nSPS) is 31.9. The van der Waals surface area contributed by atoms with Gasteiger partial charge in [-0.1, -0.05) is 10.1 Å². The van der Waals surface area contributed by atoms with E-state index in [-0.39, 0.29) is 5.54 Å². The van der Waals surface area contributed by atoms with Crippen molar-refractivity contribution in [2.75, 3.05) is 44.4 Å². The summed E-state index contributed by atoms with van der Waals surface area (Å²) in [6, 6.07) is 0. The van der Waals surface area contributed by atoms with Crippen LogP contribution in [-0.4, -0.2) is 59.0 Å². The first kappa shape index (κ1) is 11.5. The van der Waals surface area contributed by atoms with E-state index in [0.717, 1.165) is 44.4 Å². The molecule has 1 N–H and O–H groups in total. The lowest BCUT2D eigenvalue weighted by atomic mass is 10.1. The molecule has 0 aromatic carbocycles. The van der Waals surface area contributed by atoms with E-state index in [1.165, 1.54) is 0 Å². The van der Waals surface area contributed by atoms with Crippen molar-refractivity contribution in [3.05, 3.63) is 0 Å². The molecule has 0 aromatic heterocycles. The third-order valence-corrected chi connectivity index (χ3v) is 6.27. The van der Waals surface area contributed by atoms with Gasteiger partial charge in [0.1, 0.15) is 0 Å². The van der Waals surface area contributed by atoms with Gasteiger partial charge in [-0.15, -0.1) is 0 Å². The van der Waals surface area contributed by atoms with Gasteiger partial charge in [0.25, 0.3) is 0 Å². The van der Waals surface area contributed by atoms with Crippen LogP contribution in [0.3, 0.4) is 0 Å². The molecule has 0 saturated carbocycles. The number of hydrogen-bond acceptors (Lipinski definition) is 3. The topological polar surface area (TPSA) is 41.6 Å². The van der Waals surface area contributed by atoms with Gasteiger partial charge in [0.05, 0.1) is 13.2 Å². The average molecular weight is 234 g/mol. The van der Waals surface area contributed by atoms with Gasteiger partial charge in [-0.2, -0.15) is 0 Å². The Labute approximate surface area is 92.9 Å². The second-order valence-corrected chi connectivity index (χ2v) is 7.99. The minimum atomic E-state index is -2.01. The van der Waals surface area contributed by atoms with E-state index in [0.29, 0.717) is 0 Å². The summed E-state index contributed by atoms with van der Waals surface area (Å²) in [5.74, 6) is 1.67. The number of thiol groups is 1. The molecule has 0 aliphatic carbocycles. The van der Waals surface area contributed by atoms with Gasteiger partial charge in [-0.25, -0.2) is 0 Å². The lowest BCUT2D eigenvalue weighted by Gasteiger charge is -2.49. The first-order valence-corrected chi connectivity index (χ1v) is 7.75. The van der Waals surface area contributed by atoms with Crippen molar-refractivity contribution in [1.29, 1.82) is 0 Å². The van der Waals surface area contributed by atoms with Crippen molar-refractivity contribution >= 4 is 10.1 Å². The van der Waals surface area contributed by atoms with Crippen LogP contribution in [-0.2, 0) is 14.9 Å². The maximum atomic E-state index is 12.2. The Balaban J connectivity index is 1.72. The van der Waals surface area contributed by atoms with Gasteiger partial charge in [0, 0.05) is 36.7 Å². The molecule has 2 rings (SSSR count). The molecule has 2 aliphatic heterocycles. The van der Waals surface area contributed by atoms with E-state index in [2.05, 4.69) is 23.5 Å². The molecule has 0 radical (unpaired) electrons. The Kier molecular flexibility index (Phi) is 3.17. The number of rotatable bonds is 3. The van der Waals surface area contributed by atoms with E-state index in [9.17, 15) is 4.21 Å². The minimum Gasteiger partial charge on any atom is -0.379 e. The summed E-state index contributed by atoms with van der Waals surface area (Å²) in [4.78, 5) is 2.34. The maximum Gasteiger partial charge on any atom is 0.0594 e. The molecule has 2 heterocycles. The van der Waals surface area contributed by atoms with Gasteiger partial charge >= 0.3 is 0 Å². The summed E-state index contributed by atoms with van der Waals surface area (Å²) in [6.07, 6.45) is 0. The summed E-state index contributed by atoms with van der Waals surface area (Å²) >= 11 is 0. The Morgan fingerprint density at radius 1 is 1.40 bits per heavy atom. The molecule has 0 bridgehead atoms. The molecule has 0 amide bonds. The van der Waals surface area contributed by atoms with Crippen molar-refractivity contribution in [3.63, 3.8) is 0 Å². The molecule has 0 atom stereocenters. The van der Waals surface area contributed by atoms with E-state index in [4.69, 9.17) is 4.74 Å². The second-order valence-electron chi connectivity index (χ2n) is 5.22. The third-order valence-electron chi connectivity index (χ3n) is 3.04. The van der Waals surface area contributed by atoms with Crippen LogP contribution in [0, 0.1) is 0 Å². The lowest BCUT2D eigenvalue weighted by Crippen LogP contribution is -2.67. The highest BCUT2D eigenvalue weighted by Crippen LogP contribution is 2.24. The summed E-state index contributed by atoms with van der Waals surface area (Å²) in [5, 5.41) is 0. The fraction of sp³-hybridized carbons (Fsp3) is 1.00. The molecule has 5 heteroatoms. The van der Waals surface area contributed by atoms with E-state index in [1.54, 1.807) is 0 Å². The largest absolute Gasteiger partial charge is 0.379 e. The standard InChI is InChI=1S/C10H22N2O2S/c1-10(2)9-15(13,11-10)8-5-12-3-6-14-7-4-12/h15H,3-9H2,1-2H3,(H,11,13). The first-order chi connectivity index (χ1) is 6.99. The SMILES string of the molecule is CC1(C)C[SH](=O)(CCN2CCOCC2)N1. The van der Waals surface area contributed by atoms with Crippen LogP contribution in [0.1, 0.15) is 13.8 Å². The van der Waals surface area contributed by atoms with Crippen LogP contribution >= 0.6 is 0 Å². The van der Waals surface area contributed by atoms with Gasteiger partial charge in [-0.3, -0.25) is 13.8 Å². The smallest absolute Gasteiger partial charge is 0.0594 e. The monoisotopic (exact) mass is 234 g/mol. The quantitative estimate of drug-likeness (QED) is 0.655. The van der Waals surface area contributed by atoms with Crippen LogP contribution in [0.5, 0.6) is 0 Å². The summed E-state index contributed by atoms with van der Waals surface area (Å²) in [7, 11) is -2.01. The minimum absolute atomic E-state index is 0.0978. The molecule has 2 saturated heterocycles. The molecule has 0 spiro atoms. The van der Waals surface area contributed by atoms with Gasteiger partial charge < -0.3 is 4.74 Å². The van der Waals surface area contributed by atoms with E-state index < -0.39 is 10.1 Å². The molecule has 2 aliphatic rings. The molecule has 2 fully saturated rings. The Bertz CT molecular complexity index is 263. The zero-order valence-corrected chi connectivity index (χ0v) is 10.6. The van der Waals surface area contributed by atoms with Crippen LogP contribution in [0.4, 0.5) is 0 Å². The van der Waals surface area contributed by atoms with Gasteiger partial charge in [0.15, 0.2) is 0 Å². The number of nitrogens with zero attached hydrogens (tertiary/aromatic N) is 1. The van der Waals surface area contributed by atoms with E-state index >= 15 is 0 Å². The summed E-state index contributed by atoms with van der Waals surface area (Å²) in [5.41, 5.74) is 0.0978. The molecule has 0 aromatic rings. The fourth-order valence-corrected chi connectivity index (χ4v) is 5.66. The summed E-state index contributed by atoms with van der Waals surface area (Å²) in [6.45, 7) is 8.79. The lowest BCUT2D eigenvalue weighted by molar-refractivity contribution is 0.0407. The van der Waals surface area contributed by atoms with Crippen LogP contribution in [0.15, 0.2) is 0 Å². The van der Waals surface area contributed by atoms with Crippen molar-refractivity contribution in [2.24, 2.45) is 0 Å². The highest BCUT2D eigenvalue weighted by atomic mass is 32.3. The molecule has 4 nitrogen and oxygen atoms in total. The summed E-state index contributed by atoms with van der Waals surface area (Å²) < 4.78 is 20.7. The second kappa shape index (κ2) is 4.13. The van der Waals surface area contributed by atoms with Crippen molar-refractivity contribution in [2.45, 2.75) is 19.4 Å². The number of hydrogen-bond donors (Lipinski definition) is 2. The van der Waals surface area contributed by atoms with Gasteiger partial charge in [0.2, 0.25) is 0 Å². The molecule has 90 valence electrons. The van der Waals surface area contributed by atoms with Crippen LogP contribution in [0.25, 0.3) is 0 Å². The fourth-order valence-electron chi connectivity index (χ4n) is 2.44. The zero-order chi connectivity index (χ0) is 10.9. The predicted octanol–water partition coefficient (Wildman–Crippen LogP) is -0.368. The average Bonchev–Trinajstić information content (AvgIpc) is 2.13. The van der Waals surface area contributed by atoms with E-state index in [1.807, 2.05) is 0 Å². The highest BCUT2D eigenvalue weighted by molar-refractivity contribution is 8.02. The number of morpholine rings is 1. The highest BCUT2D eigenvalue weighted by Gasteiger charge is 2.39. The van der Waals surface area contributed by atoms with Crippen molar-refractivity contribution in [1.82, 2.24) is 9.62 Å². The van der Waals surface area contributed by atoms with Crippen LogP contribution < -0.4 is 4.72 Å². The zero-order valence-electron chi connectivity index (χ0n) is 9.66. The number of nitrogens with one attached hydrogen (secondary N) is 1. The Morgan fingerprint density at radius 2 is 2.00 bits per heavy atom. The van der Waals surface area contributed by atoms with Crippen molar-refractivity contribution < 1.29 is 8.95 Å². The van der Waals surface area contributed by atoms with Gasteiger partial charge in [-0.05, 0) is 13.8 Å². The number of ether oxygens (including phenoxy) is 1. The molecule has 15 heavy (non-hydrogen) atoms. The molecular formula is C10H22N2O2S. The Hall–Kier alpha value is 0.0300. The predicted molar refractivity (Wildman–Crippen MR) is 63.7 cm³/mol. The molecule has 0 unspecified atom stereocenters. The van der Waals surface area contributed by atoms with Crippen LogP contribution in [0.2, 0.25) is 0 Å².